The molecule has 1 saturated heterocycles. The molecule has 0 radical (unpaired) electrons. The third-order valence-corrected chi connectivity index (χ3v) is 3.93. The van der Waals surface area contributed by atoms with Gasteiger partial charge in [0, 0.05) is 56.9 Å². The quantitative estimate of drug-likeness (QED) is 0.886. The molecule has 0 bridgehead atoms. The van der Waals surface area contributed by atoms with Gasteiger partial charge in [0.1, 0.15) is 0 Å². The van der Waals surface area contributed by atoms with Crippen molar-refractivity contribution in [2.24, 2.45) is 7.05 Å². The maximum absolute atomic E-state index is 12.3. The van der Waals surface area contributed by atoms with Gasteiger partial charge in [-0.2, -0.15) is 5.10 Å². The maximum Gasteiger partial charge on any atom is 0.236 e. The first-order chi connectivity index (χ1) is 10.3. The Morgan fingerprint density at radius 2 is 1.96 bits per heavy atom. The van der Waals surface area contributed by atoms with Gasteiger partial charge in [0.15, 0.2) is 0 Å². The predicted octanol–water partition coefficient (Wildman–Crippen LogP) is 1.00. The summed E-state index contributed by atoms with van der Waals surface area (Å²) in [6.45, 7) is 11.1. The molecule has 0 saturated carbocycles. The molecule has 2 heterocycles. The molecule has 1 aliphatic rings. The van der Waals surface area contributed by atoms with E-state index in [2.05, 4.69) is 42.3 Å². The molecule has 132 valence electrons. The minimum Gasteiger partial charge on any atom is -0.339 e. The van der Waals surface area contributed by atoms with E-state index in [0.29, 0.717) is 6.54 Å². The van der Waals surface area contributed by atoms with E-state index in [1.807, 2.05) is 23.7 Å². The lowest BCUT2D eigenvalue weighted by Crippen LogP contribution is -2.49. The summed E-state index contributed by atoms with van der Waals surface area (Å²) in [5, 5.41) is 7.86. The highest BCUT2D eigenvalue weighted by Gasteiger charge is 2.23. The van der Waals surface area contributed by atoms with Gasteiger partial charge in [-0.25, -0.2) is 0 Å². The van der Waals surface area contributed by atoms with Crippen LogP contribution in [0.15, 0.2) is 6.20 Å². The van der Waals surface area contributed by atoms with Gasteiger partial charge in [0.2, 0.25) is 5.91 Å². The normalized spacial score (nSPS) is 15.7. The number of rotatable bonds is 4. The molecule has 0 unspecified atom stereocenters. The van der Waals surface area contributed by atoms with E-state index in [4.69, 9.17) is 0 Å². The van der Waals surface area contributed by atoms with Gasteiger partial charge in [-0.05, 0) is 7.05 Å². The molecule has 0 aliphatic carbocycles. The zero-order valence-electron chi connectivity index (χ0n) is 14.9. The van der Waals surface area contributed by atoms with Gasteiger partial charge >= 0.3 is 0 Å². The minimum atomic E-state index is 0. The van der Waals surface area contributed by atoms with Crippen molar-refractivity contribution < 1.29 is 4.79 Å². The van der Waals surface area contributed by atoms with Gasteiger partial charge in [0.05, 0.1) is 12.2 Å². The van der Waals surface area contributed by atoms with Crippen LogP contribution in [0.5, 0.6) is 0 Å². The van der Waals surface area contributed by atoms with E-state index in [9.17, 15) is 4.79 Å². The minimum absolute atomic E-state index is 0. The molecule has 0 atom stereocenters. The summed E-state index contributed by atoms with van der Waals surface area (Å²) >= 11 is 0. The van der Waals surface area contributed by atoms with Crippen molar-refractivity contribution in [3.8, 4) is 0 Å². The average Bonchev–Trinajstić information content (AvgIpc) is 2.80. The summed E-state index contributed by atoms with van der Waals surface area (Å²) in [5.74, 6) is 0.213. The van der Waals surface area contributed by atoms with Crippen LogP contribution in [0.1, 0.15) is 32.0 Å². The fourth-order valence-electron chi connectivity index (χ4n) is 2.88. The Hall–Kier alpha value is -1.11. The van der Waals surface area contributed by atoms with Crippen LogP contribution >= 0.6 is 12.4 Å². The van der Waals surface area contributed by atoms with Crippen molar-refractivity contribution in [2.45, 2.75) is 32.7 Å². The Balaban J connectivity index is 0.00000264. The number of hydrogen-bond donors (Lipinski definition) is 1. The Bertz CT molecular complexity index is 517. The van der Waals surface area contributed by atoms with E-state index in [-0.39, 0.29) is 23.7 Å². The molecule has 1 aliphatic heterocycles. The van der Waals surface area contributed by atoms with Gasteiger partial charge < -0.3 is 10.2 Å². The molecule has 1 aromatic rings. The zero-order chi connectivity index (χ0) is 16.3. The number of aromatic nitrogens is 2. The lowest BCUT2D eigenvalue weighted by Gasteiger charge is -2.29. The number of likely N-dealkylation sites (N-methyl/N-ethyl adjacent to an activating group) is 1. The van der Waals surface area contributed by atoms with Crippen molar-refractivity contribution in [3.05, 3.63) is 17.5 Å². The average molecular weight is 344 g/mol. The lowest BCUT2D eigenvalue weighted by molar-refractivity contribution is -0.132. The summed E-state index contributed by atoms with van der Waals surface area (Å²) in [6, 6.07) is 0. The van der Waals surface area contributed by atoms with E-state index >= 15 is 0 Å². The molecule has 1 N–H and O–H groups in total. The first-order valence-corrected chi connectivity index (χ1v) is 7.97. The van der Waals surface area contributed by atoms with Crippen LogP contribution < -0.4 is 5.32 Å². The van der Waals surface area contributed by atoms with Crippen molar-refractivity contribution in [3.63, 3.8) is 0 Å². The van der Waals surface area contributed by atoms with E-state index in [0.717, 1.165) is 38.4 Å². The van der Waals surface area contributed by atoms with E-state index in [1.165, 1.54) is 5.56 Å². The fourth-order valence-corrected chi connectivity index (χ4v) is 2.88. The molecule has 23 heavy (non-hydrogen) atoms. The summed E-state index contributed by atoms with van der Waals surface area (Å²) in [7, 11) is 3.95. The SMILES string of the molecule is CN(CC(=O)N1CCNCC1)Cc1cn(C)nc1C(C)(C)C.Cl. The molecular formula is C16H30ClN5O. The van der Waals surface area contributed by atoms with Crippen molar-refractivity contribution in [1.82, 2.24) is 24.9 Å². The highest BCUT2D eigenvalue weighted by Crippen LogP contribution is 2.24. The molecule has 6 nitrogen and oxygen atoms in total. The monoisotopic (exact) mass is 343 g/mol. The van der Waals surface area contributed by atoms with Crippen LogP contribution in [0.2, 0.25) is 0 Å². The number of carbonyl (C=O) groups is 1. The summed E-state index contributed by atoms with van der Waals surface area (Å²) < 4.78 is 1.86. The van der Waals surface area contributed by atoms with Crippen molar-refractivity contribution >= 4 is 18.3 Å². The Morgan fingerprint density at radius 3 is 2.52 bits per heavy atom. The van der Waals surface area contributed by atoms with Gasteiger partial charge in [-0.3, -0.25) is 14.4 Å². The van der Waals surface area contributed by atoms with Gasteiger partial charge in [0.25, 0.3) is 0 Å². The summed E-state index contributed by atoms with van der Waals surface area (Å²) in [4.78, 5) is 16.3. The molecule has 0 aromatic carbocycles. The summed E-state index contributed by atoms with van der Waals surface area (Å²) in [6.07, 6.45) is 2.06. The number of aryl methyl sites for hydroxylation is 1. The Morgan fingerprint density at radius 1 is 1.35 bits per heavy atom. The van der Waals surface area contributed by atoms with Crippen LogP contribution in [0.25, 0.3) is 0 Å². The van der Waals surface area contributed by atoms with E-state index < -0.39 is 0 Å². The van der Waals surface area contributed by atoms with Crippen LogP contribution in [-0.2, 0) is 23.8 Å². The van der Waals surface area contributed by atoms with Crippen LogP contribution in [0.3, 0.4) is 0 Å². The molecule has 1 amide bonds. The first-order valence-electron chi connectivity index (χ1n) is 7.97. The summed E-state index contributed by atoms with van der Waals surface area (Å²) in [5.41, 5.74) is 2.32. The third kappa shape index (κ3) is 5.48. The highest BCUT2D eigenvalue weighted by molar-refractivity contribution is 5.85. The first kappa shape index (κ1) is 19.9. The Labute approximate surface area is 145 Å². The van der Waals surface area contributed by atoms with Crippen LogP contribution in [-0.4, -0.2) is 65.3 Å². The molecule has 1 aromatic heterocycles. The number of nitrogens with one attached hydrogen (secondary N) is 1. The number of halogens is 1. The van der Waals surface area contributed by atoms with Gasteiger partial charge in [-0.1, -0.05) is 20.8 Å². The second-order valence-electron chi connectivity index (χ2n) is 7.23. The zero-order valence-corrected chi connectivity index (χ0v) is 15.7. The maximum atomic E-state index is 12.3. The van der Waals surface area contributed by atoms with Crippen molar-refractivity contribution in [2.75, 3.05) is 39.8 Å². The Kier molecular flexibility index (Phi) is 7.04. The standard InChI is InChI=1S/C16H29N5O.ClH/c1-16(2,3)15-13(11-20(5)18-15)10-19(4)12-14(22)21-8-6-17-7-9-21;/h11,17H,6-10,12H2,1-5H3;1H. The predicted molar refractivity (Wildman–Crippen MR) is 94.9 cm³/mol. The number of nitrogens with zero attached hydrogens (tertiary/aromatic N) is 4. The topological polar surface area (TPSA) is 53.4 Å². The number of piperazine rings is 1. The second-order valence-corrected chi connectivity index (χ2v) is 7.23. The molecule has 1 fully saturated rings. The lowest BCUT2D eigenvalue weighted by atomic mass is 9.89. The molecule has 7 heteroatoms. The van der Waals surface area contributed by atoms with Gasteiger partial charge in [-0.15, -0.1) is 12.4 Å². The number of hydrogen-bond acceptors (Lipinski definition) is 4. The fraction of sp³-hybridized carbons (Fsp3) is 0.750. The molecule has 0 spiro atoms. The highest BCUT2D eigenvalue weighted by atomic mass is 35.5. The van der Waals surface area contributed by atoms with Crippen molar-refractivity contribution in [1.29, 1.82) is 0 Å². The smallest absolute Gasteiger partial charge is 0.236 e. The number of amides is 1. The van der Waals surface area contributed by atoms with E-state index in [1.54, 1.807) is 0 Å². The van der Waals surface area contributed by atoms with Crippen LogP contribution in [0, 0.1) is 0 Å². The second kappa shape index (κ2) is 8.13. The largest absolute Gasteiger partial charge is 0.339 e. The number of carbonyl (C=O) groups excluding carboxylic acids is 1. The van der Waals surface area contributed by atoms with Crippen LogP contribution in [0.4, 0.5) is 0 Å². The molecular weight excluding hydrogens is 314 g/mol. The molecule has 2 rings (SSSR count). The third-order valence-electron chi connectivity index (χ3n) is 3.93.